The van der Waals surface area contributed by atoms with Crippen molar-refractivity contribution >= 4 is 52.5 Å². The number of fused-ring (bicyclic) bond motifs is 1. The SMILES string of the molecule is COc1nc(-c2cccc(-c3cccc(-c4ncc5c(C=O)cn(C)c5n4)c3Cl)c2Cl)ccc1CN(C[C@@H]1CCC(=O)N1)C(=O)O. The molecule has 1 atom stereocenters. The van der Waals surface area contributed by atoms with E-state index in [4.69, 9.17) is 27.9 Å². The Morgan fingerprint density at radius 3 is 2.43 bits per heavy atom. The summed E-state index contributed by atoms with van der Waals surface area (Å²) < 4.78 is 7.33. The van der Waals surface area contributed by atoms with Gasteiger partial charge < -0.3 is 24.6 Å². The molecule has 5 aromatic rings. The number of amides is 2. The van der Waals surface area contributed by atoms with Gasteiger partial charge in [-0.3, -0.25) is 9.59 Å². The summed E-state index contributed by atoms with van der Waals surface area (Å²) in [5, 5.41) is 14.1. The quantitative estimate of drug-likeness (QED) is 0.177. The molecule has 2 aromatic carbocycles. The Bertz CT molecular complexity index is 2010. The van der Waals surface area contributed by atoms with Gasteiger partial charge >= 0.3 is 6.09 Å². The maximum Gasteiger partial charge on any atom is 0.407 e. The Balaban J connectivity index is 1.32. The Labute approximate surface area is 273 Å². The minimum atomic E-state index is -1.11. The van der Waals surface area contributed by atoms with Crippen LogP contribution in [0, 0.1) is 0 Å². The lowest BCUT2D eigenvalue weighted by Gasteiger charge is -2.23. The van der Waals surface area contributed by atoms with Gasteiger partial charge in [-0.05, 0) is 24.6 Å². The molecule has 1 saturated heterocycles. The number of halogens is 2. The number of methoxy groups -OCH3 is 1. The Hall–Kier alpha value is -5.00. The van der Waals surface area contributed by atoms with Gasteiger partial charge in [0, 0.05) is 77.2 Å². The van der Waals surface area contributed by atoms with E-state index in [2.05, 4.69) is 20.3 Å². The van der Waals surface area contributed by atoms with Crippen molar-refractivity contribution in [2.45, 2.75) is 25.4 Å². The number of hydrogen-bond acceptors (Lipinski definition) is 7. The molecule has 1 aliphatic heterocycles. The van der Waals surface area contributed by atoms with Crippen LogP contribution in [0.25, 0.3) is 44.8 Å². The van der Waals surface area contributed by atoms with Gasteiger partial charge in [-0.15, -0.1) is 0 Å². The number of nitrogens with zero attached hydrogens (tertiary/aromatic N) is 5. The van der Waals surface area contributed by atoms with Gasteiger partial charge in [-0.1, -0.05) is 53.5 Å². The van der Waals surface area contributed by atoms with Crippen LogP contribution in [0.1, 0.15) is 28.8 Å². The summed E-state index contributed by atoms with van der Waals surface area (Å²) in [5.74, 6) is 0.576. The summed E-state index contributed by atoms with van der Waals surface area (Å²) in [6, 6.07) is 14.3. The number of carboxylic acid groups (broad SMARTS) is 1. The number of ether oxygens (including phenoxy) is 1. The van der Waals surface area contributed by atoms with Gasteiger partial charge in [-0.25, -0.2) is 19.7 Å². The highest BCUT2D eigenvalue weighted by Crippen LogP contribution is 2.42. The van der Waals surface area contributed by atoms with Gasteiger partial charge in [0.15, 0.2) is 12.1 Å². The minimum Gasteiger partial charge on any atom is -0.481 e. The Morgan fingerprint density at radius 2 is 1.78 bits per heavy atom. The molecular formula is C33H28Cl2N6O5. The molecule has 6 rings (SSSR count). The summed E-state index contributed by atoms with van der Waals surface area (Å²) >= 11 is 14.0. The Kier molecular flexibility index (Phi) is 8.61. The molecule has 11 nitrogen and oxygen atoms in total. The fourth-order valence-electron chi connectivity index (χ4n) is 5.67. The molecule has 46 heavy (non-hydrogen) atoms. The number of pyridine rings is 1. The first-order valence-electron chi connectivity index (χ1n) is 14.3. The summed E-state index contributed by atoms with van der Waals surface area (Å²) in [4.78, 5) is 50.1. The third-order valence-electron chi connectivity index (χ3n) is 7.97. The van der Waals surface area contributed by atoms with Gasteiger partial charge in [0.1, 0.15) is 5.65 Å². The average molecular weight is 660 g/mol. The lowest BCUT2D eigenvalue weighted by Crippen LogP contribution is -2.41. The van der Waals surface area contributed by atoms with Crippen molar-refractivity contribution in [2.75, 3.05) is 13.7 Å². The number of hydrogen-bond donors (Lipinski definition) is 2. The number of nitrogens with one attached hydrogen (secondary N) is 1. The molecule has 0 saturated carbocycles. The molecule has 0 bridgehead atoms. The zero-order valence-corrected chi connectivity index (χ0v) is 26.3. The fraction of sp³-hybridized carbons (Fsp3) is 0.212. The van der Waals surface area contributed by atoms with E-state index in [9.17, 15) is 19.5 Å². The van der Waals surface area contributed by atoms with Crippen molar-refractivity contribution in [3.8, 4) is 39.7 Å². The molecule has 2 amide bonds. The molecular weight excluding hydrogens is 631 g/mol. The number of aromatic nitrogens is 4. The van der Waals surface area contributed by atoms with Crippen LogP contribution in [0.15, 0.2) is 60.9 Å². The van der Waals surface area contributed by atoms with Crippen molar-refractivity contribution < 1.29 is 24.2 Å². The zero-order valence-electron chi connectivity index (χ0n) is 24.8. The third-order valence-corrected chi connectivity index (χ3v) is 8.78. The first-order chi connectivity index (χ1) is 22.2. The van der Waals surface area contributed by atoms with Crippen LogP contribution >= 0.6 is 23.2 Å². The number of carbonyl (C=O) groups is 3. The van der Waals surface area contributed by atoms with Crippen LogP contribution in [0.4, 0.5) is 4.79 Å². The number of benzene rings is 2. The van der Waals surface area contributed by atoms with Crippen LogP contribution in [0.5, 0.6) is 5.88 Å². The van der Waals surface area contributed by atoms with Crippen LogP contribution in [-0.4, -0.2) is 67.5 Å². The van der Waals surface area contributed by atoms with Gasteiger partial charge in [0.2, 0.25) is 11.8 Å². The molecule has 3 aromatic heterocycles. The summed E-state index contributed by atoms with van der Waals surface area (Å²) in [6.45, 7) is 0.185. The molecule has 234 valence electrons. The largest absolute Gasteiger partial charge is 0.481 e. The molecule has 0 aliphatic carbocycles. The lowest BCUT2D eigenvalue weighted by atomic mass is 9.99. The normalized spacial score (nSPS) is 14.3. The van der Waals surface area contributed by atoms with E-state index < -0.39 is 6.09 Å². The molecule has 0 unspecified atom stereocenters. The maximum absolute atomic E-state index is 12.0. The van der Waals surface area contributed by atoms with Gasteiger partial charge in [-0.2, -0.15) is 0 Å². The first kappa shape index (κ1) is 31.0. The second-order valence-electron chi connectivity index (χ2n) is 10.9. The first-order valence-corrected chi connectivity index (χ1v) is 15.1. The van der Waals surface area contributed by atoms with Crippen molar-refractivity contribution in [3.63, 3.8) is 0 Å². The standard InChI is InChI=1S/C33H28Cl2N6O5/c1-40-14-19(17-42)25-13-36-30(39-31(25)40)24-8-4-6-22(29(24)35)21-5-3-7-23(28(21)34)26-11-9-18(32(38-26)46-2)15-41(33(44)45)16-20-10-12-27(43)37-20/h3-9,11,13-14,17,20H,10,12,15-16H2,1-2H3,(H,37,43)(H,44,45)/t20-/m0/s1. The number of aryl methyl sites for hydroxylation is 1. The molecule has 2 N–H and O–H groups in total. The highest BCUT2D eigenvalue weighted by Gasteiger charge is 2.26. The summed E-state index contributed by atoms with van der Waals surface area (Å²) in [7, 11) is 3.28. The van der Waals surface area contributed by atoms with E-state index in [1.807, 2.05) is 43.4 Å². The average Bonchev–Trinajstić information content (AvgIpc) is 3.62. The second kappa shape index (κ2) is 12.8. The van der Waals surface area contributed by atoms with E-state index in [0.29, 0.717) is 78.8 Å². The molecule has 0 radical (unpaired) electrons. The topological polar surface area (TPSA) is 140 Å². The number of rotatable bonds is 9. The Morgan fingerprint density at radius 1 is 1.09 bits per heavy atom. The summed E-state index contributed by atoms with van der Waals surface area (Å²) in [5.41, 5.74) is 4.74. The fourth-order valence-corrected chi connectivity index (χ4v) is 6.31. The molecule has 1 fully saturated rings. The van der Waals surface area contributed by atoms with Crippen molar-refractivity contribution in [2.24, 2.45) is 7.05 Å². The van der Waals surface area contributed by atoms with Crippen LogP contribution in [0.2, 0.25) is 10.0 Å². The molecule has 0 spiro atoms. The highest BCUT2D eigenvalue weighted by atomic mass is 35.5. The van der Waals surface area contributed by atoms with Gasteiger partial charge in [0.25, 0.3) is 0 Å². The highest BCUT2D eigenvalue weighted by molar-refractivity contribution is 6.39. The van der Waals surface area contributed by atoms with Crippen LogP contribution in [-0.2, 0) is 18.4 Å². The van der Waals surface area contributed by atoms with E-state index in [-0.39, 0.29) is 30.9 Å². The molecule has 1 aliphatic rings. The van der Waals surface area contributed by atoms with E-state index >= 15 is 0 Å². The van der Waals surface area contributed by atoms with Gasteiger partial charge in [0.05, 0.1) is 29.4 Å². The van der Waals surface area contributed by atoms with Crippen LogP contribution < -0.4 is 10.1 Å². The minimum absolute atomic E-state index is 0.0292. The van der Waals surface area contributed by atoms with E-state index in [1.165, 1.54) is 12.0 Å². The zero-order chi connectivity index (χ0) is 32.5. The van der Waals surface area contributed by atoms with Crippen molar-refractivity contribution in [3.05, 3.63) is 82.1 Å². The van der Waals surface area contributed by atoms with E-state index in [0.717, 1.165) is 6.29 Å². The lowest BCUT2D eigenvalue weighted by molar-refractivity contribution is -0.119. The maximum atomic E-state index is 12.0. The molecule has 13 heteroatoms. The summed E-state index contributed by atoms with van der Waals surface area (Å²) in [6.07, 6.45) is 3.94. The second-order valence-corrected chi connectivity index (χ2v) is 11.7. The number of aldehydes is 1. The van der Waals surface area contributed by atoms with E-state index in [1.54, 1.807) is 29.1 Å². The predicted molar refractivity (Wildman–Crippen MR) is 174 cm³/mol. The molecule has 4 heterocycles. The monoisotopic (exact) mass is 658 g/mol. The van der Waals surface area contributed by atoms with Crippen molar-refractivity contribution in [1.82, 2.24) is 29.7 Å². The third kappa shape index (κ3) is 5.86. The smallest absolute Gasteiger partial charge is 0.407 e. The number of carbonyl (C=O) groups excluding carboxylic acids is 2. The van der Waals surface area contributed by atoms with Crippen molar-refractivity contribution in [1.29, 1.82) is 0 Å². The predicted octanol–water partition coefficient (Wildman–Crippen LogP) is 6.25. The van der Waals surface area contributed by atoms with Crippen LogP contribution in [0.3, 0.4) is 0 Å².